The second-order valence-corrected chi connectivity index (χ2v) is 6.07. The number of furan rings is 1. The molecular formula is C14H23NO2S. The summed E-state index contributed by atoms with van der Waals surface area (Å²) in [6.07, 6.45) is 5.32. The predicted octanol–water partition coefficient (Wildman–Crippen LogP) is 2.65. The summed E-state index contributed by atoms with van der Waals surface area (Å²) in [5, 5.41) is 13.3. The highest BCUT2D eigenvalue weighted by atomic mass is 32.2. The van der Waals surface area contributed by atoms with Crippen LogP contribution < -0.4 is 5.32 Å². The number of nitrogens with one attached hydrogen (secondary N) is 1. The third-order valence-corrected chi connectivity index (χ3v) is 4.76. The molecule has 4 heteroatoms. The molecule has 0 aromatic carbocycles. The second kappa shape index (κ2) is 6.64. The van der Waals surface area contributed by atoms with Crippen molar-refractivity contribution in [2.24, 2.45) is 5.92 Å². The Balaban J connectivity index is 1.84. The van der Waals surface area contributed by atoms with Crippen molar-refractivity contribution in [2.75, 3.05) is 18.9 Å². The highest BCUT2D eigenvalue weighted by Gasteiger charge is 2.44. The van der Waals surface area contributed by atoms with Crippen LogP contribution in [0.3, 0.4) is 0 Å². The first kappa shape index (κ1) is 14.0. The number of aliphatic hydroxyl groups excluding tert-OH is 1. The zero-order chi connectivity index (χ0) is 12.8. The molecule has 0 spiro atoms. The van der Waals surface area contributed by atoms with Crippen LogP contribution in [0.2, 0.25) is 0 Å². The van der Waals surface area contributed by atoms with Crippen LogP contribution >= 0.6 is 11.8 Å². The van der Waals surface area contributed by atoms with Gasteiger partial charge in [-0.1, -0.05) is 6.92 Å². The Labute approximate surface area is 113 Å². The topological polar surface area (TPSA) is 45.4 Å². The second-order valence-electron chi connectivity index (χ2n) is 5.09. The highest BCUT2D eigenvalue weighted by Crippen LogP contribution is 2.41. The van der Waals surface area contributed by atoms with Crippen molar-refractivity contribution < 1.29 is 9.52 Å². The summed E-state index contributed by atoms with van der Waals surface area (Å²) in [5.74, 6) is 3.50. The lowest BCUT2D eigenvalue weighted by atomic mass is 9.96. The number of aliphatic hydroxyl groups is 1. The molecule has 0 radical (unpaired) electrons. The summed E-state index contributed by atoms with van der Waals surface area (Å²) in [7, 11) is 0. The van der Waals surface area contributed by atoms with E-state index in [-0.39, 0.29) is 12.1 Å². The average Bonchev–Trinajstić information content (AvgIpc) is 3.12. The normalized spacial score (nSPS) is 18.8. The Bertz CT molecular complexity index is 338. The summed E-state index contributed by atoms with van der Waals surface area (Å²) in [6, 6.07) is 3.93. The van der Waals surface area contributed by atoms with Gasteiger partial charge in [-0.15, -0.1) is 0 Å². The van der Waals surface area contributed by atoms with Gasteiger partial charge in [0, 0.05) is 5.75 Å². The maximum Gasteiger partial charge on any atom is 0.113 e. The molecule has 1 heterocycles. The molecule has 1 aliphatic rings. The Morgan fingerprint density at radius 2 is 2.39 bits per heavy atom. The van der Waals surface area contributed by atoms with Gasteiger partial charge < -0.3 is 14.8 Å². The third kappa shape index (κ3) is 3.53. The first-order valence-electron chi connectivity index (χ1n) is 6.77. The Morgan fingerprint density at radius 1 is 1.56 bits per heavy atom. The predicted molar refractivity (Wildman–Crippen MR) is 75.7 cm³/mol. The number of thioether (sulfide) groups is 1. The van der Waals surface area contributed by atoms with Crippen molar-refractivity contribution >= 4 is 11.8 Å². The van der Waals surface area contributed by atoms with Crippen LogP contribution in [0, 0.1) is 5.92 Å². The summed E-state index contributed by atoms with van der Waals surface area (Å²) in [5.41, 5.74) is -0.0761. The van der Waals surface area contributed by atoms with E-state index in [1.807, 2.05) is 23.9 Å². The largest absolute Gasteiger partial charge is 0.468 e. The number of hydrogen-bond acceptors (Lipinski definition) is 4. The van der Waals surface area contributed by atoms with E-state index in [4.69, 9.17) is 4.42 Å². The van der Waals surface area contributed by atoms with Crippen LogP contribution in [0.25, 0.3) is 0 Å². The minimum absolute atomic E-state index is 0.0761. The standard InChI is InChI=1S/C14H23NO2S/c1-2-7-15-14(10-16,12-5-6-12)11-18-9-13-4-3-8-17-13/h3-4,8,12,15-16H,2,5-7,9-11H2,1H3. The summed E-state index contributed by atoms with van der Waals surface area (Å²) < 4.78 is 5.34. The Morgan fingerprint density at radius 3 is 2.94 bits per heavy atom. The molecule has 1 aromatic rings. The van der Waals surface area contributed by atoms with Gasteiger partial charge in [-0.25, -0.2) is 0 Å². The van der Waals surface area contributed by atoms with Crippen LogP contribution in [0.4, 0.5) is 0 Å². The van der Waals surface area contributed by atoms with E-state index in [0.29, 0.717) is 5.92 Å². The maximum absolute atomic E-state index is 9.77. The monoisotopic (exact) mass is 269 g/mol. The zero-order valence-electron chi connectivity index (χ0n) is 11.0. The zero-order valence-corrected chi connectivity index (χ0v) is 11.8. The van der Waals surface area contributed by atoms with E-state index in [1.54, 1.807) is 6.26 Å². The molecule has 1 saturated carbocycles. The molecule has 1 fully saturated rings. The van der Waals surface area contributed by atoms with E-state index in [2.05, 4.69) is 12.2 Å². The van der Waals surface area contributed by atoms with Gasteiger partial charge in [0.05, 0.1) is 24.2 Å². The molecule has 1 aliphatic carbocycles. The molecule has 0 bridgehead atoms. The van der Waals surface area contributed by atoms with Crippen molar-refractivity contribution in [1.29, 1.82) is 0 Å². The molecule has 2 N–H and O–H groups in total. The Kier molecular flexibility index (Phi) is 5.15. The van der Waals surface area contributed by atoms with E-state index < -0.39 is 0 Å². The first-order valence-corrected chi connectivity index (χ1v) is 7.92. The molecule has 0 aliphatic heterocycles. The molecule has 0 saturated heterocycles. The number of hydrogen-bond donors (Lipinski definition) is 2. The van der Waals surface area contributed by atoms with Crippen molar-refractivity contribution in [2.45, 2.75) is 37.5 Å². The maximum atomic E-state index is 9.77. The fourth-order valence-electron chi connectivity index (χ4n) is 2.28. The smallest absolute Gasteiger partial charge is 0.113 e. The fourth-order valence-corrected chi connectivity index (χ4v) is 3.54. The van der Waals surface area contributed by atoms with Crippen molar-refractivity contribution in [1.82, 2.24) is 5.32 Å². The molecule has 1 aromatic heterocycles. The molecule has 18 heavy (non-hydrogen) atoms. The Hall–Kier alpha value is -0.450. The fraction of sp³-hybridized carbons (Fsp3) is 0.714. The van der Waals surface area contributed by atoms with Gasteiger partial charge in [-0.05, 0) is 43.9 Å². The van der Waals surface area contributed by atoms with Crippen LogP contribution in [0.1, 0.15) is 31.9 Å². The van der Waals surface area contributed by atoms with Crippen molar-refractivity contribution in [3.05, 3.63) is 24.2 Å². The van der Waals surface area contributed by atoms with Gasteiger partial charge in [-0.3, -0.25) is 0 Å². The SMILES string of the molecule is CCCNC(CO)(CSCc1ccco1)C1CC1. The third-order valence-electron chi connectivity index (χ3n) is 3.55. The van der Waals surface area contributed by atoms with Gasteiger partial charge in [0.15, 0.2) is 0 Å². The molecule has 102 valence electrons. The molecule has 0 amide bonds. The molecule has 2 rings (SSSR count). The first-order chi connectivity index (χ1) is 8.80. The van der Waals surface area contributed by atoms with Gasteiger partial charge in [0.1, 0.15) is 5.76 Å². The average molecular weight is 269 g/mol. The molecule has 1 unspecified atom stereocenters. The highest BCUT2D eigenvalue weighted by molar-refractivity contribution is 7.98. The van der Waals surface area contributed by atoms with E-state index in [1.165, 1.54) is 12.8 Å². The van der Waals surface area contributed by atoms with Gasteiger partial charge in [0.2, 0.25) is 0 Å². The van der Waals surface area contributed by atoms with Crippen LogP contribution in [0.15, 0.2) is 22.8 Å². The van der Waals surface area contributed by atoms with Crippen molar-refractivity contribution in [3.8, 4) is 0 Å². The minimum atomic E-state index is -0.0761. The minimum Gasteiger partial charge on any atom is -0.468 e. The lowest BCUT2D eigenvalue weighted by Crippen LogP contribution is -2.53. The lowest BCUT2D eigenvalue weighted by molar-refractivity contribution is 0.159. The van der Waals surface area contributed by atoms with E-state index in [9.17, 15) is 5.11 Å². The van der Waals surface area contributed by atoms with E-state index in [0.717, 1.165) is 30.2 Å². The quantitative estimate of drug-likeness (QED) is 0.723. The van der Waals surface area contributed by atoms with Gasteiger partial charge in [0.25, 0.3) is 0 Å². The van der Waals surface area contributed by atoms with Gasteiger partial charge >= 0.3 is 0 Å². The van der Waals surface area contributed by atoms with E-state index >= 15 is 0 Å². The summed E-state index contributed by atoms with van der Waals surface area (Å²) in [4.78, 5) is 0. The lowest BCUT2D eigenvalue weighted by Gasteiger charge is -2.33. The molecule has 3 nitrogen and oxygen atoms in total. The van der Waals surface area contributed by atoms with Crippen LogP contribution in [0.5, 0.6) is 0 Å². The van der Waals surface area contributed by atoms with Gasteiger partial charge in [-0.2, -0.15) is 11.8 Å². The van der Waals surface area contributed by atoms with Crippen molar-refractivity contribution in [3.63, 3.8) is 0 Å². The molecule has 1 atom stereocenters. The van der Waals surface area contributed by atoms with Crippen LogP contribution in [-0.2, 0) is 5.75 Å². The van der Waals surface area contributed by atoms with Crippen LogP contribution in [-0.4, -0.2) is 29.5 Å². The summed E-state index contributed by atoms with van der Waals surface area (Å²) >= 11 is 1.85. The number of rotatable bonds is 9. The molecular weight excluding hydrogens is 246 g/mol. The summed E-state index contributed by atoms with van der Waals surface area (Å²) in [6.45, 7) is 3.39.